The lowest BCUT2D eigenvalue weighted by molar-refractivity contribution is -0.142. The molecule has 5 heteroatoms. The fourth-order valence-electron chi connectivity index (χ4n) is 3.63. The van der Waals surface area contributed by atoms with E-state index in [4.69, 9.17) is 4.74 Å². The number of rotatable bonds is 5. The monoisotopic (exact) mass is 324 g/mol. The third-order valence-corrected chi connectivity index (χ3v) is 5.05. The Morgan fingerprint density at radius 2 is 1.78 bits per heavy atom. The van der Waals surface area contributed by atoms with Gasteiger partial charge < -0.3 is 15.0 Å². The number of nitrogens with one attached hydrogen (secondary N) is 1. The lowest BCUT2D eigenvalue weighted by atomic mass is 9.88. The van der Waals surface area contributed by atoms with Crippen LogP contribution >= 0.6 is 0 Å². The van der Waals surface area contributed by atoms with E-state index < -0.39 is 12.1 Å². The van der Waals surface area contributed by atoms with Crippen molar-refractivity contribution >= 4 is 11.8 Å². The number of nitrogens with zero attached hydrogens (tertiary/aromatic N) is 1. The Morgan fingerprint density at radius 3 is 2.43 bits per heavy atom. The molecule has 1 N–H and O–H groups in total. The zero-order valence-electron chi connectivity index (χ0n) is 14.8. The summed E-state index contributed by atoms with van der Waals surface area (Å²) in [5.74, 6) is 0.515. The molecular weight excluding hydrogens is 292 g/mol. The predicted octanol–water partition coefficient (Wildman–Crippen LogP) is 2.49. The molecule has 0 spiro atoms. The molecule has 1 aliphatic heterocycles. The fraction of sp³-hybridized carbons (Fsp3) is 0.889. The number of amides is 2. The Labute approximate surface area is 140 Å². The third kappa shape index (κ3) is 5.48. The summed E-state index contributed by atoms with van der Waals surface area (Å²) >= 11 is 0. The standard InChI is InChI=1S/C18H32N2O3/c1-13-8-7-9-16(12-13)23-15(3)17(21)19-14(2)18(22)20-10-5-4-6-11-20/h13-16H,4-12H2,1-3H3,(H,19,21)/t13-,14+,15-,16-/m1/s1. The van der Waals surface area contributed by atoms with Crippen LogP contribution in [0.1, 0.15) is 65.7 Å². The Hall–Kier alpha value is -1.10. The largest absolute Gasteiger partial charge is 0.365 e. The van der Waals surface area contributed by atoms with Gasteiger partial charge in [0.1, 0.15) is 12.1 Å². The third-order valence-electron chi connectivity index (χ3n) is 5.05. The molecule has 2 aliphatic rings. The van der Waals surface area contributed by atoms with Crippen molar-refractivity contribution < 1.29 is 14.3 Å². The van der Waals surface area contributed by atoms with Gasteiger partial charge in [0.05, 0.1) is 6.10 Å². The second-order valence-corrected chi connectivity index (χ2v) is 7.29. The van der Waals surface area contributed by atoms with Crippen molar-refractivity contribution in [2.24, 2.45) is 5.92 Å². The van der Waals surface area contributed by atoms with E-state index in [-0.39, 0.29) is 17.9 Å². The smallest absolute Gasteiger partial charge is 0.249 e. The second kappa shape index (κ2) is 8.67. The molecule has 0 aromatic rings. The minimum Gasteiger partial charge on any atom is -0.365 e. The number of carbonyl (C=O) groups is 2. The minimum atomic E-state index is -0.498. The number of hydrogen-bond acceptors (Lipinski definition) is 3. The van der Waals surface area contributed by atoms with Gasteiger partial charge in [-0.1, -0.05) is 19.8 Å². The van der Waals surface area contributed by atoms with Crippen LogP contribution in [0, 0.1) is 5.92 Å². The van der Waals surface area contributed by atoms with Crippen LogP contribution in [0.25, 0.3) is 0 Å². The van der Waals surface area contributed by atoms with Crippen LogP contribution in [0.5, 0.6) is 0 Å². The minimum absolute atomic E-state index is 0.0246. The summed E-state index contributed by atoms with van der Waals surface area (Å²) in [6.07, 6.45) is 7.47. The maximum absolute atomic E-state index is 12.4. The molecule has 1 heterocycles. The summed E-state index contributed by atoms with van der Waals surface area (Å²) in [4.78, 5) is 26.5. The van der Waals surface area contributed by atoms with Gasteiger partial charge in [-0.2, -0.15) is 0 Å². The van der Waals surface area contributed by atoms with Crippen molar-refractivity contribution in [2.75, 3.05) is 13.1 Å². The summed E-state index contributed by atoms with van der Waals surface area (Å²) in [5, 5.41) is 2.82. The molecule has 1 saturated carbocycles. The van der Waals surface area contributed by atoms with Crippen LogP contribution < -0.4 is 5.32 Å². The van der Waals surface area contributed by atoms with E-state index in [1.54, 1.807) is 13.8 Å². The number of carbonyl (C=O) groups excluding carboxylic acids is 2. The SMILES string of the molecule is C[C@@H]1CCC[C@@H](O[C@H](C)C(=O)N[C@@H](C)C(=O)N2CCCCC2)C1. The molecule has 0 bridgehead atoms. The van der Waals surface area contributed by atoms with E-state index in [2.05, 4.69) is 12.2 Å². The van der Waals surface area contributed by atoms with Gasteiger partial charge in [-0.05, 0) is 51.9 Å². The average Bonchev–Trinajstić information content (AvgIpc) is 2.54. The maximum atomic E-state index is 12.4. The van der Waals surface area contributed by atoms with Crippen molar-refractivity contribution in [2.45, 2.75) is 84.0 Å². The van der Waals surface area contributed by atoms with Gasteiger partial charge in [0.25, 0.3) is 0 Å². The topological polar surface area (TPSA) is 58.6 Å². The van der Waals surface area contributed by atoms with E-state index in [1.165, 1.54) is 19.3 Å². The first-order valence-corrected chi connectivity index (χ1v) is 9.22. The Kier molecular flexibility index (Phi) is 6.88. The van der Waals surface area contributed by atoms with Crippen molar-refractivity contribution in [1.29, 1.82) is 0 Å². The molecule has 0 radical (unpaired) electrons. The molecule has 0 unspecified atom stereocenters. The Bertz CT molecular complexity index is 407. The molecule has 1 saturated heterocycles. The van der Waals surface area contributed by atoms with Crippen LogP contribution in [0.15, 0.2) is 0 Å². The van der Waals surface area contributed by atoms with Gasteiger partial charge in [0, 0.05) is 13.1 Å². The van der Waals surface area contributed by atoms with Crippen molar-refractivity contribution in [3.8, 4) is 0 Å². The van der Waals surface area contributed by atoms with Crippen LogP contribution in [-0.2, 0) is 14.3 Å². The molecule has 2 fully saturated rings. The van der Waals surface area contributed by atoms with Gasteiger partial charge in [-0.15, -0.1) is 0 Å². The van der Waals surface area contributed by atoms with Crippen molar-refractivity contribution in [3.63, 3.8) is 0 Å². The first-order valence-electron chi connectivity index (χ1n) is 9.22. The molecule has 1 aliphatic carbocycles. The lowest BCUT2D eigenvalue weighted by Crippen LogP contribution is -2.51. The first kappa shape index (κ1) is 18.2. The van der Waals surface area contributed by atoms with Crippen LogP contribution in [0.3, 0.4) is 0 Å². The van der Waals surface area contributed by atoms with Crippen molar-refractivity contribution in [1.82, 2.24) is 10.2 Å². The van der Waals surface area contributed by atoms with E-state index in [0.29, 0.717) is 5.92 Å². The highest BCUT2D eigenvalue weighted by Crippen LogP contribution is 2.26. The zero-order chi connectivity index (χ0) is 16.8. The molecule has 2 amide bonds. The summed E-state index contributed by atoms with van der Waals surface area (Å²) < 4.78 is 5.91. The molecule has 23 heavy (non-hydrogen) atoms. The first-order chi connectivity index (χ1) is 11.0. The summed E-state index contributed by atoms with van der Waals surface area (Å²) in [7, 11) is 0. The highest BCUT2D eigenvalue weighted by Gasteiger charge is 2.27. The van der Waals surface area contributed by atoms with E-state index in [9.17, 15) is 9.59 Å². The highest BCUT2D eigenvalue weighted by atomic mass is 16.5. The average molecular weight is 324 g/mol. The van der Waals surface area contributed by atoms with Crippen LogP contribution in [-0.4, -0.2) is 48.1 Å². The van der Waals surface area contributed by atoms with Gasteiger partial charge in [0.15, 0.2) is 0 Å². The lowest BCUT2D eigenvalue weighted by Gasteiger charge is -2.31. The van der Waals surface area contributed by atoms with E-state index in [0.717, 1.165) is 38.8 Å². The van der Waals surface area contributed by atoms with E-state index >= 15 is 0 Å². The van der Waals surface area contributed by atoms with Gasteiger partial charge in [-0.25, -0.2) is 0 Å². The van der Waals surface area contributed by atoms with Crippen molar-refractivity contribution in [3.05, 3.63) is 0 Å². The zero-order valence-corrected chi connectivity index (χ0v) is 14.8. The van der Waals surface area contributed by atoms with E-state index in [1.807, 2.05) is 4.90 Å². The quantitative estimate of drug-likeness (QED) is 0.845. The Balaban J connectivity index is 1.76. The fourth-order valence-corrected chi connectivity index (χ4v) is 3.63. The summed E-state index contributed by atoms with van der Waals surface area (Å²) in [6, 6.07) is -0.475. The molecular formula is C18H32N2O3. The number of hydrogen-bond donors (Lipinski definition) is 1. The van der Waals surface area contributed by atoms with Crippen LogP contribution in [0.4, 0.5) is 0 Å². The summed E-state index contributed by atoms with van der Waals surface area (Å²) in [6.45, 7) is 7.41. The molecule has 5 nitrogen and oxygen atoms in total. The Morgan fingerprint density at radius 1 is 1.09 bits per heavy atom. The number of piperidine rings is 1. The molecule has 132 valence electrons. The highest BCUT2D eigenvalue weighted by molar-refractivity contribution is 5.89. The van der Waals surface area contributed by atoms with Crippen LogP contribution in [0.2, 0.25) is 0 Å². The molecule has 0 aromatic heterocycles. The molecule has 0 aromatic carbocycles. The molecule has 2 rings (SSSR count). The predicted molar refractivity (Wildman–Crippen MR) is 90.0 cm³/mol. The normalized spacial score (nSPS) is 28.0. The maximum Gasteiger partial charge on any atom is 0.249 e. The van der Waals surface area contributed by atoms with Gasteiger partial charge in [-0.3, -0.25) is 9.59 Å². The summed E-state index contributed by atoms with van der Waals surface area (Å²) in [5.41, 5.74) is 0. The number of likely N-dealkylation sites (tertiary alicyclic amines) is 1. The second-order valence-electron chi connectivity index (χ2n) is 7.29. The van der Waals surface area contributed by atoms with Gasteiger partial charge in [0.2, 0.25) is 11.8 Å². The van der Waals surface area contributed by atoms with Gasteiger partial charge >= 0.3 is 0 Å². The number of ether oxygens (including phenoxy) is 1. The molecule has 4 atom stereocenters.